The number of hydrogen-bond donors (Lipinski definition) is 1. The zero-order valence-corrected chi connectivity index (χ0v) is 12.2. The van der Waals surface area contributed by atoms with Gasteiger partial charge in [0.05, 0.1) is 6.10 Å². The maximum absolute atomic E-state index is 6.07. The first-order chi connectivity index (χ1) is 8.32. The first kappa shape index (κ1) is 13.7. The second-order valence-corrected chi connectivity index (χ2v) is 6.86. The van der Waals surface area contributed by atoms with Gasteiger partial charge in [0.1, 0.15) is 0 Å². The number of nitrogens with one attached hydrogen (secondary N) is 1. The van der Waals surface area contributed by atoms with Crippen molar-refractivity contribution in [2.24, 2.45) is 11.3 Å². The van der Waals surface area contributed by atoms with E-state index in [2.05, 4.69) is 30.9 Å². The van der Waals surface area contributed by atoms with E-state index >= 15 is 0 Å². The van der Waals surface area contributed by atoms with Gasteiger partial charge in [-0.25, -0.2) is 0 Å². The average molecular weight is 257 g/mol. The predicted octanol–water partition coefficient (Wildman–Crippen LogP) is 2.92. The number of hydrogen-bond acceptors (Lipinski definition) is 3. The number of thioether (sulfide) groups is 1. The quantitative estimate of drug-likeness (QED) is 0.676. The lowest BCUT2D eigenvalue weighted by Crippen LogP contribution is -2.42. The fourth-order valence-electron chi connectivity index (χ4n) is 3.08. The van der Waals surface area contributed by atoms with Crippen LogP contribution in [0.3, 0.4) is 0 Å². The molecule has 0 spiro atoms. The van der Waals surface area contributed by atoms with Gasteiger partial charge in [-0.05, 0) is 49.7 Å². The van der Waals surface area contributed by atoms with Crippen molar-refractivity contribution < 1.29 is 4.74 Å². The van der Waals surface area contributed by atoms with Gasteiger partial charge in [0.2, 0.25) is 0 Å². The Balaban J connectivity index is 1.94. The topological polar surface area (TPSA) is 21.3 Å². The maximum atomic E-state index is 6.07. The second kappa shape index (κ2) is 6.44. The summed E-state index contributed by atoms with van der Waals surface area (Å²) >= 11 is 2.08. The SMILES string of the molecule is CCNCC1(CCSCC)CCOC1C1CC1. The van der Waals surface area contributed by atoms with Crippen LogP contribution >= 0.6 is 11.8 Å². The van der Waals surface area contributed by atoms with Crippen LogP contribution in [0.4, 0.5) is 0 Å². The molecule has 1 aliphatic carbocycles. The summed E-state index contributed by atoms with van der Waals surface area (Å²) in [5.41, 5.74) is 0.444. The van der Waals surface area contributed by atoms with Crippen LogP contribution in [0.2, 0.25) is 0 Å². The third-order valence-electron chi connectivity index (χ3n) is 4.23. The van der Waals surface area contributed by atoms with E-state index < -0.39 is 0 Å². The minimum Gasteiger partial charge on any atom is -0.377 e. The molecule has 0 radical (unpaired) electrons. The van der Waals surface area contributed by atoms with Crippen molar-refractivity contribution in [3.8, 4) is 0 Å². The molecule has 2 aliphatic rings. The average Bonchev–Trinajstić information content (AvgIpc) is 3.10. The molecule has 1 saturated heterocycles. The molecule has 0 aromatic carbocycles. The smallest absolute Gasteiger partial charge is 0.0672 e. The van der Waals surface area contributed by atoms with Gasteiger partial charge in [-0.3, -0.25) is 0 Å². The van der Waals surface area contributed by atoms with E-state index in [9.17, 15) is 0 Å². The molecule has 3 heteroatoms. The minimum atomic E-state index is 0.444. The molecule has 1 saturated carbocycles. The van der Waals surface area contributed by atoms with Gasteiger partial charge in [0.15, 0.2) is 0 Å². The largest absolute Gasteiger partial charge is 0.377 e. The summed E-state index contributed by atoms with van der Waals surface area (Å²) in [6.07, 6.45) is 5.96. The Morgan fingerprint density at radius 1 is 1.35 bits per heavy atom. The lowest BCUT2D eigenvalue weighted by atomic mass is 9.76. The van der Waals surface area contributed by atoms with Crippen LogP contribution in [0.5, 0.6) is 0 Å². The van der Waals surface area contributed by atoms with Gasteiger partial charge in [0.25, 0.3) is 0 Å². The van der Waals surface area contributed by atoms with Crippen LogP contribution in [-0.2, 0) is 4.74 Å². The molecular formula is C14H27NOS. The van der Waals surface area contributed by atoms with Crippen LogP contribution in [0.25, 0.3) is 0 Å². The van der Waals surface area contributed by atoms with Gasteiger partial charge in [-0.2, -0.15) is 11.8 Å². The highest BCUT2D eigenvalue weighted by molar-refractivity contribution is 7.99. The van der Waals surface area contributed by atoms with Crippen molar-refractivity contribution >= 4 is 11.8 Å². The molecule has 1 heterocycles. The molecule has 100 valence electrons. The summed E-state index contributed by atoms with van der Waals surface area (Å²) in [5, 5.41) is 3.58. The first-order valence-corrected chi connectivity index (χ1v) is 8.38. The van der Waals surface area contributed by atoms with Crippen molar-refractivity contribution in [1.82, 2.24) is 5.32 Å². The van der Waals surface area contributed by atoms with E-state index in [1.807, 2.05) is 0 Å². The van der Waals surface area contributed by atoms with Gasteiger partial charge < -0.3 is 10.1 Å². The van der Waals surface area contributed by atoms with Crippen molar-refractivity contribution in [3.63, 3.8) is 0 Å². The summed E-state index contributed by atoms with van der Waals surface area (Å²) in [7, 11) is 0. The molecule has 2 rings (SSSR count). The highest BCUT2D eigenvalue weighted by Crippen LogP contribution is 2.49. The summed E-state index contributed by atoms with van der Waals surface area (Å²) < 4.78 is 6.07. The second-order valence-electron chi connectivity index (χ2n) is 5.47. The Bertz CT molecular complexity index is 232. The Hall–Kier alpha value is 0.270. The standard InChI is InChI=1S/C14H27NOS/c1-3-15-11-14(8-10-17-4-2)7-9-16-13(14)12-5-6-12/h12-13,15H,3-11H2,1-2H3. The molecule has 0 aromatic heterocycles. The van der Waals surface area contributed by atoms with Crippen LogP contribution in [0, 0.1) is 11.3 Å². The molecule has 2 unspecified atom stereocenters. The molecule has 1 N–H and O–H groups in total. The number of ether oxygens (including phenoxy) is 1. The number of rotatable bonds is 8. The molecule has 2 fully saturated rings. The molecule has 0 bridgehead atoms. The van der Waals surface area contributed by atoms with Crippen LogP contribution in [0.1, 0.15) is 39.5 Å². The molecule has 17 heavy (non-hydrogen) atoms. The fraction of sp³-hybridized carbons (Fsp3) is 1.00. The highest BCUT2D eigenvalue weighted by atomic mass is 32.2. The first-order valence-electron chi connectivity index (χ1n) is 7.22. The monoisotopic (exact) mass is 257 g/mol. The van der Waals surface area contributed by atoms with Crippen molar-refractivity contribution in [1.29, 1.82) is 0 Å². The lowest BCUT2D eigenvalue weighted by molar-refractivity contribution is 0.0295. The van der Waals surface area contributed by atoms with Gasteiger partial charge in [0, 0.05) is 18.6 Å². The molecule has 2 atom stereocenters. The lowest BCUT2D eigenvalue weighted by Gasteiger charge is -2.34. The van der Waals surface area contributed by atoms with Crippen LogP contribution < -0.4 is 5.32 Å². The summed E-state index contributed by atoms with van der Waals surface area (Å²) in [6, 6.07) is 0. The molecule has 0 aromatic rings. The Labute approximate surface area is 110 Å². The predicted molar refractivity (Wildman–Crippen MR) is 75.7 cm³/mol. The Morgan fingerprint density at radius 3 is 2.82 bits per heavy atom. The fourth-order valence-corrected chi connectivity index (χ4v) is 3.92. The highest BCUT2D eigenvalue weighted by Gasteiger charge is 2.50. The molecular weight excluding hydrogens is 230 g/mol. The summed E-state index contributed by atoms with van der Waals surface area (Å²) in [4.78, 5) is 0. The van der Waals surface area contributed by atoms with Gasteiger partial charge in [-0.1, -0.05) is 13.8 Å². The van der Waals surface area contributed by atoms with Crippen molar-refractivity contribution in [2.45, 2.75) is 45.6 Å². The summed E-state index contributed by atoms with van der Waals surface area (Å²) in [5.74, 6) is 3.42. The zero-order valence-electron chi connectivity index (χ0n) is 11.3. The third-order valence-corrected chi connectivity index (χ3v) is 5.13. The molecule has 1 aliphatic heterocycles. The van der Waals surface area contributed by atoms with Crippen molar-refractivity contribution in [3.05, 3.63) is 0 Å². The van der Waals surface area contributed by atoms with E-state index in [1.54, 1.807) is 0 Å². The minimum absolute atomic E-state index is 0.444. The van der Waals surface area contributed by atoms with Crippen LogP contribution in [-0.4, -0.2) is 37.3 Å². The van der Waals surface area contributed by atoms with E-state index in [0.717, 1.165) is 25.6 Å². The summed E-state index contributed by atoms with van der Waals surface area (Å²) in [6.45, 7) is 7.69. The van der Waals surface area contributed by atoms with E-state index in [-0.39, 0.29) is 0 Å². The van der Waals surface area contributed by atoms with E-state index in [1.165, 1.54) is 37.2 Å². The van der Waals surface area contributed by atoms with Gasteiger partial charge >= 0.3 is 0 Å². The molecule has 0 amide bonds. The van der Waals surface area contributed by atoms with Crippen molar-refractivity contribution in [2.75, 3.05) is 31.2 Å². The van der Waals surface area contributed by atoms with E-state index in [4.69, 9.17) is 4.74 Å². The van der Waals surface area contributed by atoms with E-state index in [0.29, 0.717) is 11.5 Å². The van der Waals surface area contributed by atoms with Gasteiger partial charge in [-0.15, -0.1) is 0 Å². The normalized spacial score (nSPS) is 33.2. The zero-order chi connectivity index (χ0) is 12.1. The maximum Gasteiger partial charge on any atom is 0.0672 e. The Morgan fingerprint density at radius 2 is 2.18 bits per heavy atom. The Kier molecular flexibility index (Phi) is 5.19. The van der Waals surface area contributed by atoms with Crippen LogP contribution in [0.15, 0.2) is 0 Å². The third kappa shape index (κ3) is 3.39. The molecule has 2 nitrogen and oxygen atoms in total.